The monoisotopic (exact) mass is 339 g/mol. The van der Waals surface area contributed by atoms with E-state index in [0.29, 0.717) is 0 Å². The molecule has 0 aliphatic heterocycles. The molecular formula is C11H3Cl3F3N3. The van der Waals surface area contributed by atoms with Gasteiger partial charge < -0.3 is 0 Å². The average molecular weight is 341 g/mol. The van der Waals surface area contributed by atoms with Crippen molar-refractivity contribution in [3.8, 4) is 11.8 Å². The van der Waals surface area contributed by atoms with Crippen molar-refractivity contribution < 1.29 is 13.2 Å². The lowest BCUT2D eigenvalue weighted by molar-refractivity contribution is -0.137. The van der Waals surface area contributed by atoms with Crippen LogP contribution in [0.4, 0.5) is 13.2 Å². The zero-order valence-electron chi connectivity index (χ0n) is 9.34. The minimum Gasteiger partial charge on any atom is -0.235 e. The molecule has 0 saturated carbocycles. The second-order valence-corrected chi connectivity index (χ2v) is 4.89. The van der Waals surface area contributed by atoms with Crippen molar-refractivity contribution in [1.29, 1.82) is 5.26 Å². The lowest BCUT2D eigenvalue weighted by Gasteiger charge is -2.12. The predicted molar refractivity (Wildman–Crippen MR) is 68.3 cm³/mol. The lowest BCUT2D eigenvalue weighted by Crippen LogP contribution is -2.07. The lowest BCUT2D eigenvalue weighted by atomic mass is 10.2. The minimum atomic E-state index is -4.56. The van der Waals surface area contributed by atoms with Crippen molar-refractivity contribution in [1.82, 2.24) is 9.78 Å². The maximum absolute atomic E-state index is 12.6. The highest BCUT2D eigenvalue weighted by atomic mass is 35.5. The third-order valence-corrected chi connectivity index (χ3v) is 3.20. The summed E-state index contributed by atoms with van der Waals surface area (Å²) in [6.07, 6.45) is -3.33. The van der Waals surface area contributed by atoms with E-state index in [4.69, 9.17) is 40.1 Å². The van der Waals surface area contributed by atoms with E-state index in [0.717, 1.165) is 16.8 Å². The molecule has 20 heavy (non-hydrogen) atoms. The fourth-order valence-electron chi connectivity index (χ4n) is 1.49. The molecule has 0 radical (unpaired) electrons. The van der Waals surface area contributed by atoms with Crippen LogP contribution in [0.25, 0.3) is 5.69 Å². The van der Waals surface area contributed by atoms with Crippen molar-refractivity contribution >= 4 is 34.8 Å². The van der Waals surface area contributed by atoms with Crippen molar-refractivity contribution in [3.63, 3.8) is 0 Å². The van der Waals surface area contributed by atoms with Gasteiger partial charge in [-0.15, -0.1) is 0 Å². The molecule has 2 rings (SSSR count). The van der Waals surface area contributed by atoms with Gasteiger partial charge in [0.05, 0.1) is 26.8 Å². The average Bonchev–Trinajstić information content (AvgIpc) is 2.68. The molecule has 1 heterocycles. The van der Waals surface area contributed by atoms with Crippen molar-refractivity contribution in [3.05, 3.63) is 44.7 Å². The summed E-state index contributed by atoms with van der Waals surface area (Å²) in [6, 6.07) is 3.18. The van der Waals surface area contributed by atoms with E-state index in [-0.39, 0.29) is 26.4 Å². The first-order chi connectivity index (χ1) is 9.24. The first kappa shape index (κ1) is 15.0. The van der Waals surface area contributed by atoms with Crippen LogP contribution in [0.1, 0.15) is 11.3 Å². The number of halogens is 6. The van der Waals surface area contributed by atoms with Crippen LogP contribution in [0.3, 0.4) is 0 Å². The fraction of sp³-hybridized carbons (Fsp3) is 0.0909. The van der Waals surface area contributed by atoms with Crippen LogP contribution < -0.4 is 0 Å². The van der Waals surface area contributed by atoms with Gasteiger partial charge in [-0.05, 0) is 12.1 Å². The Bertz CT molecular complexity index is 693. The van der Waals surface area contributed by atoms with Gasteiger partial charge in [0.25, 0.3) is 0 Å². The molecule has 2 aromatic rings. The Morgan fingerprint density at radius 2 is 1.65 bits per heavy atom. The second kappa shape index (κ2) is 5.17. The molecule has 1 aromatic carbocycles. The van der Waals surface area contributed by atoms with Crippen LogP contribution in [-0.4, -0.2) is 9.78 Å². The molecular weight excluding hydrogens is 337 g/mol. The molecule has 9 heteroatoms. The van der Waals surface area contributed by atoms with Crippen LogP contribution in [0.2, 0.25) is 15.1 Å². The number of hydrogen-bond acceptors (Lipinski definition) is 2. The summed E-state index contributed by atoms with van der Waals surface area (Å²) in [6.45, 7) is 0. The van der Waals surface area contributed by atoms with E-state index in [1.807, 2.05) is 0 Å². The van der Waals surface area contributed by atoms with Gasteiger partial charge in [-0.2, -0.15) is 23.5 Å². The molecule has 0 aliphatic carbocycles. The molecule has 0 saturated heterocycles. The van der Waals surface area contributed by atoms with Crippen LogP contribution in [0.15, 0.2) is 18.3 Å². The second-order valence-electron chi connectivity index (χ2n) is 3.67. The standard InChI is InChI=1S/C11H3Cl3F3N3/c12-6-1-5(11(15,16)17)2-7(13)10(6)20-4-8(14)9(3-18)19-20/h1-2,4H. The third kappa shape index (κ3) is 2.70. The number of aromatic nitrogens is 2. The molecule has 0 spiro atoms. The summed E-state index contributed by atoms with van der Waals surface area (Å²) in [5.41, 5.74) is -1.04. The summed E-state index contributed by atoms with van der Waals surface area (Å²) < 4.78 is 38.9. The van der Waals surface area contributed by atoms with E-state index in [1.54, 1.807) is 6.07 Å². The maximum atomic E-state index is 12.6. The van der Waals surface area contributed by atoms with Crippen LogP contribution in [0, 0.1) is 11.3 Å². The highest BCUT2D eigenvalue weighted by Gasteiger charge is 2.32. The van der Waals surface area contributed by atoms with Crippen LogP contribution in [-0.2, 0) is 6.18 Å². The zero-order chi connectivity index (χ0) is 15.1. The molecule has 0 N–H and O–H groups in total. The van der Waals surface area contributed by atoms with Gasteiger partial charge >= 0.3 is 6.18 Å². The highest BCUT2D eigenvalue weighted by molar-refractivity contribution is 6.38. The zero-order valence-corrected chi connectivity index (χ0v) is 11.6. The minimum absolute atomic E-state index is 0.0183. The van der Waals surface area contributed by atoms with E-state index < -0.39 is 11.7 Å². The predicted octanol–water partition coefficient (Wildman–Crippen LogP) is 4.72. The van der Waals surface area contributed by atoms with Gasteiger partial charge in [0.2, 0.25) is 0 Å². The molecule has 0 aliphatic rings. The van der Waals surface area contributed by atoms with E-state index in [9.17, 15) is 13.2 Å². The maximum Gasteiger partial charge on any atom is 0.416 e. The van der Waals surface area contributed by atoms with Crippen LogP contribution >= 0.6 is 34.8 Å². The van der Waals surface area contributed by atoms with Crippen molar-refractivity contribution in [2.24, 2.45) is 0 Å². The van der Waals surface area contributed by atoms with E-state index in [2.05, 4.69) is 5.10 Å². The van der Waals surface area contributed by atoms with Gasteiger partial charge in [-0.1, -0.05) is 34.8 Å². The van der Waals surface area contributed by atoms with E-state index >= 15 is 0 Å². The number of nitriles is 1. The summed E-state index contributed by atoms with van der Waals surface area (Å²) in [5.74, 6) is 0. The Morgan fingerprint density at radius 3 is 2.05 bits per heavy atom. The number of rotatable bonds is 1. The Morgan fingerprint density at radius 1 is 1.10 bits per heavy atom. The first-order valence-corrected chi connectivity index (χ1v) is 6.09. The first-order valence-electron chi connectivity index (χ1n) is 4.96. The topological polar surface area (TPSA) is 41.6 Å². The SMILES string of the molecule is N#Cc1nn(-c2c(Cl)cc(C(F)(F)F)cc2Cl)cc1Cl. The number of nitrogens with zero attached hydrogens (tertiary/aromatic N) is 3. The Balaban J connectivity index is 2.61. The normalized spacial score (nSPS) is 11.4. The largest absolute Gasteiger partial charge is 0.416 e. The van der Waals surface area contributed by atoms with Crippen molar-refractivity contribution in [2.45, 2.75) is 6.18 Å². The van der Waals surface area contributed by atoms with Gasteiger partial charge in [-0.3, -0.25) is 0 Å². The van der Waals surface area contributed by atoms with Gasteiger partial charge in [0.15, 0.2) is 5.69 Å². The van der Waals surface area contributed by atoms with Crippen molar-refractivity contribution in [2.75, 3.05) is 0 Å². The Labute approximate surface area is 126 Å². The van der Waals surface area contributed by atoms with Gasteiger partial charge in [0.1, 0.15) is 11.8 Å². The summed E-state index contributed by atoms with van der Waals surface area (Å²) >= 11 is 17.3. The molecule has 104 valence electrons. The summed E-state index contributed by atoms with van der Waals surface area (Å²) in [5, 5.41) is 12.1. The highest BCUT2D eigenvalue weighted by Crippen LogP contribution is 2.37. The smallest absolute Gasteiger partial charge is 0.235 e. The number of benzene rings is 1. The fourth-order valence-corrected chi connectivity index (χ4v) is 2.32. The summed E-state index contributed by atoms with van der Waals surface area (Å²) in [7, 11) is 0. The molecule has 0 atom stereocenters. The van der Waals surface area contributed by atoms with Gasteiger partial charge in [0, 0.05) is 0 Å². The van der Waals surface area contributed by atoms with Crippen LogP contribution in [0.5, 0.6) is 0 Å². The number of alkyl halides is 3. The van der Waals surface area contributed by atoms with E-state index in [1.165, 1.54) is 6.20 Å². The quantitative estimate of drug-likeness (QED) is 0.753. The Hall–Kier alpha value is -1.42. The Kier molecular flexibility index (Phi) is 3.87. The molecule has 0 bridgehead atoms. The third-order valence-electron chi connectivity index (χ3n) is 2.35. The molecule has 1 aromatic heterocycles. The van der Waals surface area contributed by atoms with Gasteiger partial charge in [-0.25, -0.2) is 4.68 Å². The molecule has 0 amide bonds. The number of hydrogen-bond donors (Lipinski definition) is 0. The molecule has 3 nitrogen and oxygen atoms in total. The molecule has 0 fully saturated rings. The molecule has 0 unspecified atom stereocenters. The summed E-state index contributed by atoms with van der Waals surface area (Å²) in [4.78, 5) is 0.